The van der Waals surface area contributed by atoms with E-state index >= 15 is 0 Å². The van der Waals surface area contributed by atoms with Crippen LogP contribution in [0.1, 0.15) is 54.7 Å². The first kappa shape index (κ1) is 21.2. The Kier molecular flexibility index (Phi) is 5.76. The highest BCUT2D eigenvalue weighted by atomic mass is 32.2. The summed E-state index contributed by atoms with van der Waals surface area (Å²) in [5.74, 6) is 4.96. The molecular formula is C27H30N2O2S. The summed E-state index contributed by atoms with van der Waals surface area (Å²) in [4.78, 5) is 20.9. The number of pyridine rings is 1. The Labute approximate surface area is 190 Å². The second-order valence-corrected chi connectivity index (χ2v) is 11.6. The minimum atomic E-state index is -2.61. The molecule has 1 aliphatic carbocycles. The predicted octanol–water partition coefficient (Wildman–Crippen LogP) is 5.31. The average Bonchev–Trinajstić information content (AvgIpc) is 2.82. The molecule has 2 aliphatic rings. The minimum absolute atomic E-state index is 0.0178. The first-order valence-electron chi connectivity index (χ1n) is 11.6. The summed E-state index contributed by atoms with van der Waals surface area (Å²) in [5, 5.41) is 2.00. The Bertz CT molecular complexity index is 1240. The van der Waals surface area contributed by atoms with Crippen LogP contribution in [-0.2, 0) is 15.3 Å². The maximum atomic E-state index is 13.7. The van der Waals surface area contributed by atoms with Crippen molar-refractivity contribution in [3.05, 3.63) is 72.1 Å². The van der Waals surface area contributed by atoms with E-state index in [-0.39, 0.29) is 11.7 Å². The third kappa shape index (κ3) is 4.06. The zero-order chi connectivity index (χ0) is 22.1. The van der Waals surface area contributed by atoms with Crippen LogP contribution in [0.15, 0.2) is 65.6 Å². The molecule has 166 valence electrons. The van der Waals surface area contributed by atoms with Gasteiger partial charge in [-0.15, -0.1) is 0 Å². The third-order valence-electron chi connectivity index (χ3n) is 7.06. The molecular weight excluding hydrogens is 416 g/mol. The molecule has 5 heteroatoms. The third-order valence-corrected chi connectivity index (χ3v) is 8.98. The number of piperidine rings is 1. The van der Waals surface area contributed by atoms with Crippen molar-refractivity contribution in [2.24, 2.45) is 5.92 Å². The van der Waals surface area contributed by atoms with Crippen molar-refractivity contribution in [3.8, 4) is 0 Å². The predicted molar refractivity (Wildman–Crippen MR) is 131 cm³/mol. The molecule has 2 fully saturated rings. The normalized spacial score (nSPS) is 22.8. The molecule has 0 N–H and O–H groups in total. The molecule has 0 bridgehead atoms. The number of hydrogen-bond acceptors (Lipinski definition) is 3. The van der Waals surface area contributed by atoms with Crippen molar-refractivity contribution in [2.45, 2.75) is 55.2 Å². The van der Waals surface area contributed by atoms with E-state index in [0.29, 0.717) is 23.3 Å². The number of benzene rings is 2. The molecule has 1 saturated heterocycles. The fourth-order valence-corrected chi connectivity index (χ4v) is 7.25. The van der Waals surface area contributed by atoms with Gasteiger partial charge >= 0.3 is 0 Å². The molecule has 1 saturated carbocycles. The molecule has 3 unspecified atom stereocenters. The van der Waals surface area contributed by atoms with Gasteiger partial charge in [0.05, 0.1) is 11.4 Å². The zero-order valence-electron chi connectivity index (χ0n) is 18.4. The SMILES string of the molecule is C=S(=O)(Cc1cccc(C(=O)N2CCCC3CCCCC32)n1)c1cccc2ccccc12. The van der Waals surface area contributed by atoms with E-state index in [2.05, 4.69) is 15.8 Å². The summed E-state index contributed by atoms with van der Waals surface area (Å²) >= 11 is 0. The Balaban J connectivity index is 1.41. The quantitative estimate of drug-likeness (QED) is 0.511. The maximum Gasteiger partial charge on any atom is 0.272 e. The molecule has 3 atom stereocenters. The van der Waals surface area contributed by atoms with Gasteiger partial charge in [-0.3, -0.25) is 9.00 Å². The molecule has 4 nitrogen and oxygen atoms in total. The van der Waals surface area contributed by atoms with E-state index in [4.69, 9.17) is 0 Å². The zero-order valence-corrected chi connectivity index (χ0v) is 19.2. The number of amides is 1. The van der Waals surface area contributed by atoms with Crippen LogP contribution in [0.4, 0.5) is 0 Å². The van der Waals surface area contributed by atoms with Gasteiger partial charge in [-0.05, 0) is 66.4 Å². The smallest absolute Gasteiger partial charge is 0.272 e. The standard InChI is InChI=1S/C27H30N2O2S/c1-32(31,26-17-6-11-20-9-2-4-14-23(20)26)19-22-13-7-15-24(28-22)27(30)29-18-8-12-21-10-3-5-16-25(21)29/h2,4,6-7,9,11,13-15,17,21,25H,1,3,5,8,10,12,16,18-19H2. The number of fused-ring (bicyclic) bond motifs is 2. The van der Waals surface area contributed by atoms with Gasteiger partial charge in [0.15, 0.2) is 0 Å². The van der Waals surface area contributed by atoms with Crippen LogP contribution >= 0.6 is 0 Å². The molecule has 2 heterocycles. The molecule has 32 heavy (non-hydrogen) atoms. The molecule has 1 aliphatic heterocycles. The van der Waals surface area contributed by atoms with Gasteiger partial charge in [0.2, 0.25) is 0 Å². The van der Waals surface area contributed by atoms with Crippen molar-refractivity contribution in [1.82, 2.24) is 9.88 Å². The van der Waals surface area contributed by atoms with E-state index in [1.54, 1.807) is 6.07 Å². The number of aromatic nitrogens is 1. The van der Waals surface area contributed by atoms with Crippen molar-refractivity contribution in [3.63, 3.8) is 0 Å². The van der Waals surface area contributed by atoms with Crippen molar-refractivity contribution >= 4 is 32.1 Å². The monoisotopic (exact) mass is 446 g/mol. The first-order valence-corrected chi connectivity index (χ1v) is 13.5. The Hall–Kier alpha value is -2.66. The van der Waals surface area contributed by atoms with Crippen molar-refractivity contribution < 1.29 is 9.00 Å². The van der Waals surface area contributed by atoms with E-state index < -0.39 is 9.52 Å². The van der Waals surface area contributed by atoms with E-state index in [9.17, 15) is 9.00 Å². The number of carbonyl (C=O) groups excluding carboxylic acids is 1. The molecule has 1 aromatic heterocycles. The number of likely N-dealkylation sites (tertiary alicyclic amines) is 1. The molecule has 3 aromatic rings. The molecule has 2 aromatic carbocycles. The summed E-state index contributed by atoms with van der Waals surface area (Å²) in [6, 6.07) is 19.6. The topological polar surface area (TPSA) is 50.3 Å². The van der Waals surface area contributed by atoms with Crippen LogP contribution in [0.2, 0.25) is 0 Å². The first-order chi connectivity index (χ1) is 15.5. The summed E-state index contributed by atoms with van der Waals surface area (Å²) in [7, 11) is -2.61. The second-order valence-electron chi connectivity index (χ2n) is 9.20. The fraction of sp³-hybridized carbons (Fsp3) is 0.370. The Morgan fingerprint density at radius 1 is 0.969 bits per heavy atom. The lowest BCUT2D eigenvalue weighted by molar-refractivity contribution is 0.0385. The van der Waals surface area contributed by atoms with Crippen molar-refractivity contribution in [2.75, 3.05) is 6.54 Å². The number of hydrogen-bond donors (Lipinski definition) is 0. The number of carbonyl (C=O) groups is 1. The summed E-state index contributed by atoms with van der Waals surface area (Å²) in [6.45, 7) is 0.813. The maximum absolute atomic E-state index is 13.7. The Morgan fingerprint density at radius 2 is 1.72 bits per heavy atom. The Morgan fingerprint density at radius 3 is 2.62 bits per heavy atom. The molecule has 0 radical (unpaired) electrons. The summed E-state index contributed by atoms with van der Waals surface area (Å²) < 4.78 is 13.7. The summed E-state index contributed by atoms with van der Waals surface area (Å²) in [5.41, 5.74) is 1.11. The highest BCUT2D eigenvalue weighted by Gasteiger charge is 2.36. The lowest BCUT2D eigenvalue weighted by atomic mass is 9.78. The van der Waals surface area contributed by atoms with Crippen LogP contribution in [0.25, 0.3) is 10.8 Å². The second kappa shape index (κ2) is 8.70. The van der Waals surface area contributed by atoms with Gasteiger partial charge in [0.1, 0.15) is 5.69 Å². The largest absolute Gasteiger partial charge is 0.334 e. The highest BCUT2D eigenvalue weighted by molar-refractivity contribution is 7.99. The van der Waals surface area contributed by atoms with Crippen LogP contribution in [-0.4, -0.2) is 38.5 Å². The van der Waals surface area contributed by atoms with Crippen molar-refractivity contribution in [1.29, 1.82) is 0 Å². The number of nitrogens with zero attached hydrogens (tertiary/aromatic N) is 2. The number of rotatable bonds is 4. The van der Waals surface area contributed by atoms with Crippen LogP contribution < -0.4 is 0 Å². The van der Waals surface area contributed by atoms with E-state index in [0.717, 1.165) is 35.1 Å². The van der Waals surface area contributed by atoms with Gasteiger partial charge in [-0.2, -0.15) is 0 Å². The van der Waals surface area contributed by atoms with E-state index in [1.165, 1.54) is 25.7 Å². The molecule has 5 rings (SSSR count). The van der Waals surface area contributed by atoms with Crippen LogP contribution in [0, 0.1) is 5.92 Å². The summed E-state index contributed by atoms with van der Waals surface area (Å²) in [6.07, 6.45) is 7.12. The molecule has 1 amide bonds. The van der Waals surface area contributed by atoms with Crippen LogP contribution in [0.3, 0.4) is 0 Å². The average molecular weight is 447 g/mol. The minimum Gasteiger partial charge on any atom is -0.334 e. The van der Waals surface area contributed by atoms with Gasteiger partial charge in [0, 0.05) is 27.0 Å². The van der Waals surface area contributed by atoms with Crippen LogP contribution in [0.5, 0.6) is 0 Å². The van der Waals surface area contributed by atoms with E-state index in [1.807, 2.05) is 54.6 Å². The van der Waals surface area contributed by atoms with Gasteiger partial charge in [-0.25, -0.2) is 4.98 Å². The highest BCUT2D eigenvalue weighted by Crippen LogP contribution is 2.36. The lowest BCUT2D eigenvalue weighted by Crippen LogP contribution is -2.49. The lowest BCUT2D eigenvalue weighted by Gasteiger charge is -2.44. The van der Waals surface area contributed by atoms with Gasteiger partial charge in [-0.1, -0.05) is 55.3 Å². The van der Waals surface area contributed by atoms with Gasteiger partial charge < -0.3 is 4.90 Å². The van der Waals surface area contributed by atoms with Gasteiger partial charge in [0.25, 0.3) is 5.91 Å². The molecule has 0 spiro atoms. The fourth-order valence-electron chi connectivity index (χ4n) is 5.54.